The van der Waals surface area contributed by atoms with Crippen molar-refractivity contribution in [2.75, 3.05) is 0 Å². The minimum atomic E-state index is -1.48. The molecule has 154 valence electrons. The van der Waals surface area contributed by atoms with Gasteiger partial charge in [0.05, 0.1) is 16.7 Å². The van der Waals surface area contributed by atoms with Crippen LogP contribution >= 0.6 is 0 Å². The van der Waals surface area contributed by atoms with Crippen molar-refractivity contribution in [1.29, 1.82) is 0 Å². The molecule has 0 amide bonds. The molecule has 1 aromatic rings. The van der Waals surface area contributed by atoms with E-state index in [1.807, 2.05) is 0 Å². The summed E-state index contributed by atoms with van der Waals surface area (Å²) in [4.78, 5) is 52.0. The Morgan fingerprint density at radius 2 is 1.00 bits per heavy atom. The maximum absolute atomic E-state index is 10.6. The van der Waals surface area contributed by atoms with Gasteiger partial charge in [-0.3, -0.25) is 9.59 Å². The van der Waals surface area contributed by atoms with Crippen LogP contribution in [0.25, 0.3) is 0 Å². The maximum atomic E-state index is 10.6. The summed E-state index contributed by atoms with van der Waals surface area (Å²) >= 11 is 0. The normalized spacial score (nSPS) is 9.71. The van der Waals surface area contributed by atoms with Crippen molar-refractivity contribution in [2.24, 2.45) is 0 Å². The van der Waals surface area contributed by atoms with Crippen molar-refractivity contribution in [2.45, 2.75) is 44.9 Å². The lowest BCUT2D eigenvalue weighted by molar-refractivity contribution is -0.138. The summed E-state index contributed by atoms with van der Waals surface area (Å²) in [6, 6.07) is 2.81. The summed E-state index contributed by atoms with van der Waals surface area (Å²) in [5, 5.41) is 42.5. The Hall–Kier alpha value is -3.43. The Labute approximate surface area is 160 Å². The first-order chi connectivity index (χ1) is 13.1. The van der Waals surface area contributed by atoms with Crippen LogP contribution in [0.2, 0.25) is 0 Å². The SMILES string of the molecule is O=C(O)CCCCCCCC(=O)O.O=C(O)c1ccc(C(=O)O)c(C(=O)O)c1. The summed E-state index contributed by atoms with van der Waals surface area (Å²) in [5.74, 6) is -5.72. The highest BCUT2D eigenvalue weighted by atomic mass is 16.4. The Kier molecular flexibility index (Phi) is 11.3. The predicted octanol–water partition coefficient (Wildman–Crippen LogP) is 2.67. The van der Waals surface area contributed by atoms with E-state index < -0.39 is 41.0 Å². The van der Waals surface area contributed by atoms with Crippen LogP contribution in [-0.2, 0) is 9.59 Å². The quantitative estimate of drug-likeness (QED) is 0.347. The van der Waals surface area contributed by atoms with E-state index in [4.69, 9.17) is 25.5 Å². The maximum Gasteiger partial charge on any atom is 0.336 e. The molecule has 0 saturated carbocycles. The first kappa shape index (κ1) is 24.6. The van der Waals surface area contributed by atoms with Crippen LogP contribution in [0.4, 0.5) is 0 Å². The van der Waals surface area contributed by atoms with Crippen LogP contribution in [0.5, 0.6) is 0 Å². The van der Waals surface area contributed by atoms with E-state index in [1.165, 1.54) is 0 Å². The van der Waals surface area contributed by atoms with Gasteiger partial charge in [0.15, 0.2) is 0 Å². The molecule has 0 saturated heterocycles. The topological polar surface area (TPSA) is 186 Å². The van der Waals surface area contributed by atoms with Gasteiger partial charge in [-0.2, -0.15) is 0 Å². The fourth-order valence-corrected chi connectivity index (χ4v) is 2.12. The van der Waals surface area contributed by atoms with E-state index in [0.29, 0.717) is 12.8 Å². The average molecular weight is 398 g/mol. The standard InChI is InChI=1S/C9H6O6.C9H16O4/c10-7(11)4-1-2-5(8(12)13)6(3-4)9(14)15;10-8(11)6-4-2-1-3-5-7-9(12)13/h1-3H,(H,10,11)(H,12,13)(H,14,15);1-7H2,(H,10,11)(H,12,13). The van der Waals surface area contributed by atoms with Gasteiger partial charge in [0.25, 0.3) is 0 Å². The minimum absolute atomic E-state index is 0.221. The lowest BCUT2D eigenvalue weighted by atomic mass is 10.0. The van der Waals surface area contributed by atoms with Gasteiger partial charge in [0.1, 0.15) is 0 Å². The molecule has 28 heavy (non-hydrogen) atoms. The molecule has 0 radical (unpaired) electrons. The molecule has 10 nitrogen and oxygen atoms in total. The number of hydrogen-bond acceptors (Lipinski definition) is 5. The predicted molar refractivity (Wildman–Crippen MR) is 94.9 cm³/mol. The second-order valence-corrected chi connectivity index (χ2v) is 5.73. The molecule has 0 bridgehead atoms. The molecule has 1 aromatic carbocycles. The van der Waals surface area contributed by atoms with E-state index in [0.717, 1.165) is 37.5 Å². The molecule has 10 heteroatoms. The molecule has 0 aliphatic rings. The average Bonchev–Trinajstić information content (AvgIpc) is 2.60. The van der Waals surface area contributed by atoms with Gasteiger partial charge in [-0.25, -0.2) is 14.4 Å². The molecule has 0 unspecified atom stereocenters. The zero-order valence-electron chi connectivity index (χ0n) is 15.0. The Balaban J connectivity index is 0.000000528. The number of rotatable bonds is 11. The number of carboxylic acid groups (broad SMARTS) is 5. The second-order valence-electron chi connectivity index (χ2n) is 5.73. The highest BCUT2D eigenvalue weighted by Crippen LogP contribution is 2.12. The van der Waals surface area contributed by atoms with Crippen LogP contribution < -0.4 is 0 Å². The van der Waals surface area contributed by atoms with Gasteiger partial charge in [-0.1, -0.05) is 19.3 Å². The van der Waals surface area contributed by atoms with Crippen LogP contribution in [0.15, 0.2) is 18.2 Å². The Morgan fingerprint density at radius 1 is 0.571 bits per heavy atom. The van der Waals surface area contributed by atoms with Gasteiger partial charge in [0.2, 0.25) is 0 Å². The van der Waals surface area contributed by atoms with Gasteiger partial charge in [-0.15, -0.1) is 0 Å². The fourth-order valence-electron chi connectivity index (χ4n) is 2.12. The van der Waals surface area contributed by atoms with Crippen molar-refractivity contribution in [1.82, 2.24) is 0 Å². The molecular weight excluding hydrogens is 376 g/mol. The smallest absolute Gasteiger partial charge is 0.336 e. The zero-order chi connectivity index (χ0) is 21.7. The molecular formula is C18H22O10. The van der Waals surface area contributed by atoms with Crippen LogP contribution in [0, 0.1) is 0 Å². The van der Waals surface area contributed by atoms with Crippen molar-refractivity contribution >= 4 is 29.8 Å². The van der Waals surface area contributed by atoms with Crippen molar-refractivity contribution in [3.05, 3.63) is 34.9 Å². The van der Waals surface area contributed by atoms with Crippen LogP contribution in [0.1, 0.15) is 76.0 Å². The molecule has 0 aliphatic heterocycles. The number of carboxylic acids is 5. The number of hydrogen-bond donors (Lipinski definition) is 5. The molecule has 0 spiro atoms. The second kappa shape index (κ2) is 12.8. The first-order valence-corrected chi connectivity index (χ1v) is 8.33. The number of unbranched alkanes of at least 4 members (excludes halogenated alkanes) is 4. The number of aliphatic carboxylic acids is 2. The molecule has 5 N–H and O–H groups in total. The largest absolute Gasteiger partial charge is 0.481 e. The van der Waals surface area contributed by atoms with Gasteiger partial charge in [-0.05, 0) is 31.0 Å². The number of aromatic carboxylic acids is 3. The lowest BCUT2D eigenvalue weighted by Gasteiger charge is -2.02. The molecule has 0 aromatic heterocycles. The monoisotopic (exact) mass is 398 g/mol. The van der Waals surface area contributed by atoms with Crippen LogP contribution in [0.3, 0.4) is 0 Å². The van der Waals surface area contributed by atoms with Gasteiger partial charge >= 0.3 is 29.8 Å². The molecule has 0 aliphatic carbocycles. The Morgan fingerprint density at radius 3 is 1.36 bits per heavy atom. The van der Waals surface area contributed by atoms with E-state index in [2.05, 4.69) is 0 Å². The summed E-state index contributed by atoms with van der Waals surface area (Å²) in [5.41, 5.74) is -1.24. The Bertz CT molecular complexity index is 705. The van der Waals surface area contributed by atoms with Crippen molar-refractivity contribution in [3.63, 3.8) is 0 Å². The third kappa shape index (κ3) is 10.5. The summed E-state index contributed by atoms with van der Waals surface area (Å²) in [6.45, 7) is 0. The first-order valence-electron chi connectivity index (χ1n) is 8.33. The van der Waals surface area contributed by atoms with E-state index in [9.17, 15) is 24.0 Å². The van der Waals surface area contributed by atoms with Gasteiger partial charge in [0, 0.05) is 12.8 Å². The third-order valence-electron chi connectivity index (χ3n) is 3.51. The zero-order valence-corrected chi connectivity index (χ0v) is 15.0. The number of benzene rings is 1. The molecule has 0 heterocycles. The molecule has 0 fully saturated rings. The summed E-state index contributed by atoms with van der Waals surface area (Å²) < 4.78 is 0. The van der Waals surface area contributed by atoms with E-state index in [-0.39, 0.29) is 18.4 Å². The highest BCUT2D eigenvalue weighted by molar-refractivity contribution is 6.03. The van der Waals surface area contributed by atoms with Gasteiger partial charge < -0.3 is 25.5 Å². The van der Waals surface area contributed by atoms with Crippen LogP contribution in [-0.4, -0.2) is 55.4 Å². The minimum Gasteiger partial charge on any atom is -0.481 e. The van der Waals surface area contributed by atoms with E-state index in [1.54, 1.807) is 0 Å². The lowest BCUT2D eigenvalue weighted by Crippen LogP contribution is -2.10. The molecule has 1 rings (SSSR count). The summed E-state index contributed by atoms with van der Waals surface area (Å²) in [6.07, 6.45) is 4.53. The van der Waals surface area contributed by atoms with Crippen molar-refractivity contribution in [3.8, 4) is 0 Å². The van der Waals surface area contributed by atoms with E-state index >= 15 is 0 Å². The molecule has 0 atom stereocenters. The van der Waals surface area contributed by atoms with Crippen molar-refractivity contribution < 1.29 is 49.5 Å². The third-order valence-corrected chi connectivity index (χ3v) is 3.51. The summed E-state index contributed by atoms with van der Waals surface area (Å²) in [7, 11) is 0. The fraction of sp³-hybridized carbons (Fsp3) is 0.389. The highest BCUT2D eigenvalue weighted by Gasteiger charge is 2.17. The number of carbonyl (C=O) groups is 5.